The van der Waals surface area contributed by atoms with Gasteiger partial charge in [-0.3, -0.25) is 9.00 Å². The fourth-order valence-electron chi connectivity index (χ4n) is 3.50. The summed E-state index contributed by atoms with van der Waals surface area (Å²) in [5, 5.41) is 10.6. The summed E-state index contributed by atoms with van der Waals surface area (Å²) in [7, 11) is 2.97. The number of hydrogen-bond acceptors (Lipinski definition) is 9. The monoisotopic (exact) mass is 574 g/mol. The number of nitrogens with one attached hydrogen (secondary N) is 3. The molecule has 0 bridgehead atoms. The molecule has 2 aromatic carbocycles. The van der Waals surface area contributed by atoms with E-state index in [4.69, 9.17) is 21.1 Å². The Hall–Kier alpha value is -3.25. The van der Waals surface area contributed by atoms with Gasteiger partial charge in [0.05, 0.1) is 28.5 Å². The summed E-state index contributed by atoms with van der Waals surface area (Å²) in [4.78, 5) is 23.4. The number of aromatic nitrogens is 2. The molecule has 10 nitrogen and oxygen atoms in total. The molecule has 3 N–H and O–H groups in total. The summed E-state index contributed by atoms with van der Waals surface area (Å²) in [5.74, 6) is 1.27. The molecule has 1 aromatic heterocycles. The van der Waals surface area contributed by atoms with Crippen LogP contribution in [0.4, 0.5) is 22.9 Å². The molecule has 1 amide bonds. The van der Waals surface area contributed by atoms with Gasteiger partial charge in [-0.15, -0.1) is 0 Å². The first kappa shape index (κ1) is 30.3. The van der Waals surface area contributed by atoms with Crippen molar-refractivity contribution in [3.63, 3.8) is 0 Å². The van der Waals surface area contributed by atoms with E-state index >= 15 is 0 Å². The quantitative estimate of drug-likeness (QED) is 0.180. The Bertz CT molecular complexity index is 1320. The Morgan fingerprint density at radius 1 is 1.15 bits per heavy atom. The normalized spacial score (nSPS) is 12.2. The molecule has 1 atom stereocenters. The summed E-state index contributed by atoms with van der Waals surface area (Å²) in [6, 6.07) is 9.06. The van der Waals surface area contributed by atoms with Gasteiger partial charge in [0.15, 0.2) is 0 Å². The van der Waals surface area contributed by atoms with Crippen molar-refractivity contribution in [3.8, 4) is 5.75 Å². The summed E-state index contributed by atoms with van der Waals surface area (Å²) in [6.07, 6.45) is 6.40. The summed E-state index contributed by atoms with van der Waals surface area (Å²) >= 11 is 6.47. The highest BCUT2D eigenvalue weighted by Crippen LogP contribution is 2.34. The molecule has 0 radical (unpaired) electrons. The van der Waals surface area contributed by atoms with Crippen molar-refractivity contribution in [3.05, 3.63) is 53.8 Å². The van der Waals surface area contributed by atoms with Gasteiger partial charge in [0.2, 0.25) is 5.91 Å². The van der Waals surface area contributed by atoms with E-state index in [0.29, 0.717) is 71.8 Å². The lowest BCUT2D eigenvalue weighted by Crippen LogP contribution is -2.14. The van der Waals surface area contributed by atoms with Crippen molar-refractivity contribution in [2.45, 2.75) is 6.92 Å². The van der Waals surface area contributed by atoms with Crippen LogP contribution in [-0.4, -0.2) is 84.0 Å². The van der Waals surface area contributed by atoms with Crippen LogP contribution < -0.4 is 20.7 Å². The van der Waals surface area contributed by atoms with E-state index in [1.807, 2.05) is 38.1 Å². The molecule has 0 fully saturated rings. The van der Waals surface area contributed by atoms with Crippen LogP contribution >= 0.6 is 11.6 Å². The van der Waals surface area contributed by atoms with Gasteiger partial charge in [-0.25, -0.2) is 9.97 Å². The van der Waals surface area contributed by atoms with Crippen molar-refractivity contribution in [1.29, 1.82) is 0 Å². The molecule has 12 heteroatoms. The second-order valence-electron chi connectivity index (χ2n) is 8.81. The van der Waals surface area contributed by atoms with Crippen LogP contribution in [0.1, 0.15) is 6.92 Å². The molecule has 0 saturated carbocycles. The molecule has 0 saturated heterocycles. The van der Waals surface area contributed by atoms with Gasteiger partial charge in [-0.05, 0) is 45.3 Å². The maximum absolute atomic E-state index is 12.6. The molecule has 1 unspecified atom stereocenters. The van der Waals surface area contributed by atoms with E-state index in [-0.39, 0.29) is 5.91 Å². The first-order valence-corrected chi connectivity index (χ1v) is 14.6. The average Bonchev–Trinajstić information content (AvgIpc) is 2.88. The molecule has 3 aromatic rings. The van der Waals surface area contributed by atoms with Crippen molar-refractivity contribution in [2.24, 2.45) is 0 Å². The first-order chi connectivity index (χ1) is 18.8. The van der Waals surface area contributed by atoms with Crippen LogP contribution in [0, 0.1) is 0 Å². The molecule has 0 aliphatic heterocycles. The number of carbonyl (C=O) groups excluding carboxylic acids is 1. The highest BCUT2D eigenvalue weighted by atomic mass is 35.5. The minimum Gasteiger partial charge on any atom is -0.489 e. The van der Waals surface area contributed by atoms with Crippen molar-refractivity contribution in [1.82, 2.24) is 14.9 Å². The second kappa shape index (κ2) is 15.4. The largest absolute Gasteiger partial charge is 0.489 e. The summed E-state index contributed by atoms with van der Waals surface area (Å²) < 4.78 is 22.6. The van der Waals surface area contributed by atoms with Crippen molar-refractivity contribution >= 4 is 62.1 Å². The highest BCUT2D eigenvalue weighted by Gasteiger charge is 2.14. The Kier molecular flexibility index (Phi) is 11.9. The molecular formula is C27H35ClN6O4S. The number of fused-ring (bicyclic) bond motifs is 1. The zero-order chi connectivity index (χ0) is 28.2. The zero-order valence-electron chi connectivity index (χ0n) is 22.6. The second-order valence-corrected chi connectivity index (χ2v) is 10.8. The number of ether oxygens (including phenoxy) is 2. The average molecular weight is 575 g/mol. The van der Waals surface area contributed by atoms with Gasteiger partial charge in [-0.2, -0.15) is 0 Å². The van der Waals surface area contributed by atoms with Gasteiger partial charge in [0, 0.05) is 65.7 Å². The number of hydrogen-bond donors (Lipinski definition) is 3. The number of anilines is 4. The molecular weight excluding hydrogens is 540 g/mol. The maximum atomic E-state index is 12.6. The van der Waals surface area contributed by atoms with E-state index in [0.717, 1.165) is 11.4 Å². The number of carbonyl (C=O) groups is 1. The summed E-state index contributed by atoms with van der Waals surface area (Å²) in [5.41, 5.74) is 2.60. The van der Waals surface area contributed by atoms with E-state index < -0.39 is 10.8 Å². The topological polar surface area (TPSA) is 118 Å². The Balaban J connectivity index is 1.87. The molecule has 210 valence electrons. The molecule has 0 spiro atoms. The molecule has 3 rings (SSSR count). The molecule has 1 heterocycles. The van der Waals surface area contributed by atoms with Crippen LogP contribution in [0.15, 0.2) is 48.8 Å². The van der Waals surface area contributed by atoms with E-state index in [1.165, 1.54) is 12.4 Å². The standard InChI is InChI=1S/C27H35ClN6O4S/c1-5-37-12-13-38-25-17-23-20(16-24(25)33-26(35)7-6-11-34(2)3)27(31-18-30-23)32-19-8-9-22(21(28)15-19)29-10-14-39(4)36/h6-9,15-18,29H,5,10-14H2,1-4H3,(H,33,35)(H,30,31,32)/b7-6+. The lowest BCUT2D eigenvalue weighted by Gasteiger charge is -2.15. The van der Waals surface area contributed by atoms with Gasteiger partial charge < -0.3 is 30.3 Å². The summed E-state index contributed by atoms with van der Waals surface area (Å²) in [6.45, 7) is 4.44. The number of nitrogens with zero attached hydrogens (tertiary/aromatic N) is 3. The first-order valence-electron chi connectivity index (χ1n) is 12.5. The number of benzene rings is 2. The van der Waals surface area contributed by atoms with Gasteiger partial charge in [-0.1, -0.05) is 17.7 Å². The molecule has 39 heavy (non-hydrogen) atoms. The van der Waals surface area contributed by atoms with Gasteiger partial charge in [0.1, 0.15) is 24.5 Å². The van der Waals surface area contributed by atoms with E-state index in [9.17, 15) is 9.00 Å². The third-order valence-corrected chi connectivity index (χ3v) is 6.45. The van der Waals surface area contributed by atoms with Gasteiger partial charge >= 0.3 is 0 Å². The minimum atomic E-state index is -0.884. The van der Waals surface area contributed by atoms with Crippen LogP contribution in [0.3, 0.4) is 0 Å². The number of rotatable bonds is 15. The maximum Gasteiger partial charge on any atom is 0.248 e. The third kappa shape index (κ3) is 9.77. The Labute approximate surface area is 236 Å². The molecule has 0 aliphatic carbocycles. The smallest absolute Gasteiger partial charge is 0.248 e. The van der Waals surface area contributed by atoms with Crippen LogP contribution in [0.2, 0.25) is 5.02 Å². The SMILES string of the molecule is CCOCCOc1cc2ncnc(Nc3ccc(NCCS(C)=O)c(Cl)c3)c2cc1NC(=O)/C=C/CN(C)C. The third-order valence-electron chi connectivity index (χ3n) is 5.36. The number of likely N-dealkylation sites (N-methyl/N-ethyl adjacent to an activating group) is 1. The lowest BCUT2D eigenvalue weighted by atomic mass is 10.1. The van der Waals surface area contributed by atoms with Crippen LogP contribution in [0.5, 0.6) is 5.75 Å². The fraction of sp³-hybridized carbons (Fsp3) is 0.370. The van der Waals surface area contributed by atoms with Crippen LogP contribution in [0.25, 0.3) is 10.9 Å². The minimum absolute atomic E-state index is 0.279. The van der Waals surface area contributed by atoms with Crippen molar-refractivity contribution < 1.29 is 18.5 Å². The fourth-order valence-corrected chi connectivity index (χ4v) is 4.14. The predicted molar refractivity (Wildman–Crippen MR) is 160 cm³/mol. The van der Waals surface area contributed by atoms with E-state index in [2.05, 4.69) is 25.9 Å². The zero-order valence-corrected chi connectivity index (χ0v) is 24.2. The lowest BCUT2D eigenvalue weighted by molar-refractivity contribution is -0.111. The van der Waals surface area contributed by atoms with Crippen molar-refractivity contribution in [2.75, 3.05) is 75.0 Å². The van der Waals surface area contributed by atoms with Gasteiger partial charge in [0.25, 0.3) is 0 Å². The highest BCUT2D eigenvalue weighted by molar-refractivity contribution is 7.84. The van der Waals surface area contributed by atoms with E-state index in [1.54, 1.807) is 30.5 Å². The Morgan fingerprint density at radius 3 is 2.69 bits per heavy atom. The Morgan fingerprint density at radius 2 is 1.97 bits per heavy atom. The van der Waals surface area contributed by atoms with Crippen LogP contribution in [-0.2, 0) is 20.3 Å². The number of halogens is 1. The number of amides is 1. The molecule has 0 aliphatic rings. The predicted octanol–water partition coefficient (Wildman–Crippen LogP) is 4.29.